The number of ether oxygens (including phenoxy) is 1. The minimum absolute atomic E-state index is 0.00346. The maximum Gasteiger partial charge on any atom is 0.124 e. The summed E-state index contributed by atoms with van der Waals surface area (Å²) in [7, 11) is 1.63. The fourth-order valence-electron chi connectivity index (χ4n) is 4.64. The molecule has 0 bridgehead atoms. The number of aliphatic hydroxyl groups excluding tert-OH is 1. The van der Waals surface area contributed by atoms with Crippen molar-refractivity contribution in [1.82, 2.24) is 0 Å². The highest BCUT2D eigenvalue weighted by molar-refractivity contribution is 5.51. The maximum atomic E-state index is 10.4. The molecule has 34 heavy (non-hydrogen) atoms. The van der Waals surface area contributed by atoms with Crippen LogP contribution in [0.4, 0.5) is 0 Å². The van der Waals surface area contributed by atoms with Crippen molar-refractivity contribution >= 4 is 0 Å². The molecule has 3 aromatic carbocycles. The van der Waals surface area contributed by atoms with Gasteiger partial charge in [-0.1, -0.05) is 70.2 Å². The van der Waals surface area contributed by atoms with Crippen molar-refractivity contribution in [3.63, 3.8) is 0 Å². The van der Waals surface area contributed by atoms with E-state index in [1.54, 1.807) is 7.11 Å². The van der Waals surface area contributed by atoms with E-state index >= 15 is 0 Å². The molecule has 0 aliphatic heterocycles. The molecule has 0 heterocycles. The molecule has 0 spiro atoms. The van der Waals surface area contributed by atoms with E-state index in [1.807, 2.05) is 38.1 Å². The first-order chi connectivity index (χ1) is 15.9. The molecule has 0 unspecified atom stereocenters. The number of hydrogen-bond donors (Lipinski definition) is 3. The van der Waals surface area contributed by atoms with Gasteiger partial charge in [0.05, 0.1) is 6.61 Å². The van der Waals surface area contributed by atoms with Crippen LogP contribution in [0.15, 0.2) is 48.5 Å². The maximum absolute atomic E-state index is 10.4. The fourth-order valence-corrected chi connectivity index (χ4v) is 4.64. The molecule has 3 N–H and O–H groups in total. The third-order valence-corrected chi connectivity index (χ3v) is 7.21. The molecule has 4 nitrogen and oxygen atoms in total. The van der Waals surface area contributed by atoms with E-state index in [2.05, 4.69) is 52.0 Å². The van der Waals surface area contributed by atoms with E-state index in [0.29, 0.717) is 18.8 Å². The number of benzene rings is 3. The van der Waals surface area contributed by atoms with Crippen LogP contribution in [-0.2, 0) is 28.6 Å². The van der Waals surface area contributed by atoms with Crippen LogP contribution >= 0.6 is 0 Å². The van der Waals surface area contributed by atoms with Gasteiger partial charge in [-0.2, -0.15) is 0 Å². The van der Waals surface area contributed by atoms with Crippen molar-refractivity contribution in [1.29, 1.82) is 0 Å². The van der Waals surface area contributed by atoms with Crippen molar-refractivity contribution in [3.8, 4) is 11.5 Å². The summed E-state index contributed by atoms with van der Waals surface area (Å²) in [6, 6.07) is 16.8. The Kier molecular flexibility index (Phi) is 7.44. The van der Waals surface area contributed by atoms with Gasteiger partial charge in [0, 0.05) is 30.1 Å². The number of hydrogen-bond acceptors (Lipinski definition) is 4. The first-order valence-corrected chi connectivity index (χ1v) is 11.8. The van der Waals surface area contributed by atoms with Gasteiger partial charge in [-0.05, 0) is 65.3 Å². The summed E-state index contributed by atoms with van der Waals surface area (Å²) >= 11 is 0. The Balaban J connectivity index is 1.99. The fraction of sp³-hybridized carbons (Fsp3) is 0.400. The average molecular weight is 463 g/mol. The molecule has 0 amide bonds. The summed E-state index contributed by atoms with van der Waals surface area (Å²) in [6.07, 6.45) is 0.431. The van der Waals surface area contributed by atoms with Crippen molar-refractivity contribution in [2.45, 2.75) is 65.4 Å². The van der Waals surface area contributed by atoms with Crippen molar-refractivity contribution in [2.75, 3.05) is 13.7 Å². The zero-order valence-corrected chi connectivity index (χ0v) is 21.5. The van der Waals surface area contributed by atoms with Crippen molar-refractivity contribution < 1.29 is 20.1 Å². The van der Waals surface area contributed by atoms with Gasteiger partial charge in [-0.25, -0.2) is 0 Å². The summed E-state index contributed by atoms with van der Waals surface area (Å²) in [5, 5.41) is 30.2. The Hall–Kier alpha value is -2.82. The number of methoxy groups -OCH3 is 1. The highest BCUT2D eigenvalue weighted by Crippen LogP contribution is 2.39. The molecule has 0 atom stereocenters. The molecule has 0 saturated carbocycles. The summed E-state index contributed by atoms with van der Waals surface area (Å²) in [5.41, 5.74) is 7.30. The smallest absolute Gasteiger partial charge is 0.124 e. The Labute approximate surface area is 203 Å². The lowest BCUT2D eigenvalue weighted by Crippen LogP contribution is -2.22. The quantitative estimate of drug-likeness (QED) is 0.381. The van der Waals surface area contributed by atoms with Gasteiger partial charge in [0.2, 0.25) is 0 Å². The molecular weight excluding hydrogens is 424 g/mol. The van der Waals surface area contributed by atoms with Gasteiger partial charge < -0.3 is 20.1 Å². The van der Waals surface area contributed by atoms with Gasteiger partial charge in [0.25, 0.3) is 0 Å². The zero-order chi connectivity index (χ0) is 25.3. The second-order valence-corrected chi connectivity index (χ2v) is 10.3. The van der Waals surface area contributed by atoms with Crippen LogP contribution in [0.1, 0.15) is 72.2 Å². The molecule has 3 aromatic rings. The van der Waals surface area contributed by atoms with Gasteiger partial charge in [-0.3, -0.25) is 0 Å². The van der Waals surface area contributed by atoms with Crippen LogP contribution in [-0.4, -0.2) is 29.0 Å². The van der Waals surface area contributed by atoms with Crippen LogP contribution in [0.5, 0.6) is 11.5 Å². The third kappa shape index (κ3) is 4.84. The predicted octanol–water partition coefficient (Wildman–Crippen LogP) is 6.05. The number of aryl methyl sites for hydroxylation is 2. The predicted molar refractivity (Wildman–Crippen MR) is 138 cm³/mol. The van der Waals surface area contributed by atoms with E-state index in [-0.39, 0.29) is 23.2 Å². The number of rotatable bonds is 8. The van der Waals surface area contributed by atoms with Gasteiger partial charge in [-0.15, -0.1) is 0 Å². The number of phenolic OH excluding ortho intramolecular Hbond substituents is 2. The van der Waals surface area contributed by atoms with E-state index in [4.69, 9.17) is 4.74 Å². The summed E-state index contributed by atoms with van der Waals surface area (Å²) < 4.78 is 5.28. The Bertz CT molecular complexity index is 1060. The SMILES string of the molecule is COCc1cc(C(C)(C)c2ccc(C(C)(C)c3cc(C)c(O)c(CCO)c3)cc2)cc(C)c1O. The summed E-state index contributed by atoms with van der Waals surface area (Å²) in [6.45, 7) is 12.9. The van der Waals surface area contributed by atoms with E-state index in [1.165, 1.54) is 11.1 Å². The van der Waals surface area contributed by atoms with Gasteiger partial charge >= 0.3 is 0 Å². The minimum Gasteiger partial charge on any atom is -0.507 e. The number of aliphatic hydroxyl groups is 1. The first-order valence-electron chi connectivity index (χ1n) is 11.8. The number of phenols is 2. The normalized spacial score (nSPS) is 12.2. The molecule has 0 aromatic heterocycles. The second-order valence-electron chi connectivity index (χ2n) is 10.3. The molecule has 4 heteroatoms. The number of aromatic hydroxyl groups is 2. The monoisotopic (exact) mass is 462 g/mol. The van der Waals surface area contributed by atoms with Crippen LogP contribution in [0, 0.1) is 13.8 Å². The van der Waals surface area contributed by atoms with Crippen molar-refractivity contribution in [2.24, 2.45) is 0 Å². The summed E-state index contributed by atoms with van der Waals surface area (Å²) in [4.78, 5) is 0. The highest BCUT2D eigenvalue weighted by atomic mass is 16.5. The lowest BCUT2D eigenvalue weighted by Gasteiger charge is -2.31. The Morgan fingerprint density at radius 1 is 0.676 bits per heavy atom. The Morgan fingerprint density at radius 2 is 1.09 bits per heavy atom. The molecule has 0 saturated heterocycles. The molecule has 0 aliphatic rings. The van der Waals surface area contributed by atoms with Crippen LogP contribution < -0.4 is 0 Å². The molecule has 0 radical (unpaired) electrons. The lowest BCUT2D eigenvalue weighted by molar-refractivity contribution is 0.181. The van der Waals surface area contributed by atoms with E-state index in [0.717, 1.165) is 33.4 Å². The lowest BCUT2D eigenvalue weighted by atomic mass is 9.73. The summed E-state index contributed by atoms with van der Waals surface area (Å²) in [5.74, 6) is 0.561. The van der Waals surface area contributed by atoms with Crippen LogP contribution in [0.25, 0.3) is 0 Å². The second kappa shape index (κ2) is 9.81. The third-order valence-electron chi connectivity index (χ3n) is 7.21. The minimum atomic E-state index is -0.272. The van der Waals surface area contributed by atoms with Crippen LogP contribution in [0.3, 0.4) is 0 Å². The topological polar surface area (TPSA) is 69.9 Å². The molecule has 0 aliphatic carbocycles. The van der Waals surface area contributed by atoms with Crippen molar-refractivity contribution in [3.05, 3.63) is 93.0 Å². The molecular formula is C30H38O4. The average Bonchev–Trinajstić information content (AvgIpc) is 2.79. The van der Waals surface area contributed by atoms with Gasteiger partial charge in [0.15, 0.2) is 0 Å². The van der Waals surface area contributed by atoms with Gasteiger partial charge in [0.1, 0.15) is 11.5 Å². The van der Waals surface area contributed by atoms with E-state index < -0.39 is 0 Å². The molecule has 3 rings (SSSR count). The largest absolute Gasteiger partial charge is 0.507 e. The van der Waals surface area contributed by atoms with E-state index in [9.17, 15) is 15.3 Å². The molecule has 182 valence electrons. The molecule has 0 fully saturated rings. The first kappa shape index (κ1) is 25.8. The Morgan fingerprint density at radius 3 is 1.50 bits per heavy atom. The standard InChI is InChI=1S/C30H38O4/c1-19-14-25(16-21(12-13-31)27(19)32)29(3,4)23-8-10-24(11-9-23)30(5,6)26-15-20(2)28(33)22(17-26)18-34-7/h8-11,14-17,31-33H,12-13,18H2,1-7H3. The zero-order valence-electron chi connectivity index (χ0n) is 21.5. The van der Waals surface area contributed by atoms with Crippen LogP contribution in [0.2, 0.25) is 0 Å². The highest BCUT2D eigenvalue weighted by Gasteiger charge is 2.28.